The second-order valence-electron chi connectivity index (χ2n) is 7.52. The molecule has 33 heavy (non-hydrogen) atoms. The third kappa shape index (κ3) is 4.59. The highest BCUT2D eigenvalue weighted by molar-refractivity contribution is 6.04. The maximum atomic E-state index is 13.0. The molecule has 3 aromatic carbocycles. The van der Waals surface area contributed by atoms with Crippen LogP contribution in [0.15, 0.2) is 77.6 Å². The van der Waals surface area contributed by atoms with Crippen molar-refractivity contribution < 1.29 is 14.4 Å². The van der Waals surface area contributed by atoms with Crippen molar-refractivity contribution in [2.24, 2.45) is 5.73 Å². The molecule has 0 atom stereocenters. The monoisotopic (exact) mass is 442 g/mol. The van der Waals surface area contributed by atoms with Crippen LogP contribution in [0.5, 0.6) is 0 Å². The molecule has 0 aliphatic heterocycles. The lowest BCUT2D eigenvalue weighted by Gasteiger charge is -2.16. The largest absolute Gasteiger partial charge is 0.370 e. The lowest BCUT2D eigenvalue weighted by atomic mass is 10.1. The van der Waals surface area contributed by atoms with Gasteiger partial charge in [-0.1, -0.05) is 36.4 Å². The Morgan fingerprint density at radius 2 is 1.39 bits per heavy atom. The number of nitrogens with zero attached hydrogens (tertiary/aromatic N) is 1. The van der Waals surface area contributed by atoms with Gasteiger partial charge in [0.2, 0.25) is 11.8 Å². The Hall–Kier alpha value is -4.46. The fourth-order valence-electron chi connectivity index (χ4n) is 3.77. The number of para-hydroxylation sites is 3. The highest BCUT2D eigenvalue weighted by Crippen LogP contribution is 2.20. The normalized spacial score (nSPS) is 10.8. The molecule has 1 aromatic heterocycles. The smallest absolute Gasteiger partial charge is 0.253 e. The fraction of sp³-hybridized carbons (Fsp3) is 0.120. The lowest BCUT2D eigenvalue weighted by molar-refractivity contribution is -0.118. The number of primary amides is 1. The molecule has 0 saturated carbocycles. The molecule has 4 aromatic rings. The van der Waals surface area contributed by atoms with Crippen LogP contribution in [0, 0.1) is 0 Å². The number of hydrogen-bond donors (Lipinski definition) is 3. The van der Waals surface area contributed by atoms with Gasteiger partial charge in [0.1, 0.15) is 6.54 Å². The Bertz CT molecular complexity index is 1380. The van der Waals surface area contributed by atoms with Crippen LogP contribution in [0.25, 0.3) is 21.8 Å². The van der Waals surface area contributed by atoms with Crippen molar-refractivity contribution in [3.05, 3.63) is 88.6 Å². The summed E-state index contributed by atoms with van der Waals surface area (Å²) in [7, 11) is 0. The summed E-state index contributed by atoms with van der Waals surface area (Å²) in [6, 6.07) is 20.9. The molecule has 4 rings (SSSR count). The number of benzene rings is 3. The minimum absolute atomic E-state index is 0.0206. The van der Waals surface area contributed by atoms with E-state index < -0.39 is 11.8 Å². The molecule has 4 N–H and O–H groups in total. The molecule has 0 aliphatic rings. The van der Waals surface area contributed by atoms with Gasteiger partial charge in [0.15, 0.2) is 5.43 Å². The summed E-state index contributed by atoms with van der Waals surface area (Å²) in [6.45, 7) is 0.0464. The Morgan fingerprint density at radius 3 is 2.03 bits per heavy atom. The summed E-state index contributed by atoms with van der Waals surface area (Å²) in [5, 5.41) is 6.46. The highest BCUT2D eigenvalue weighted by atomic mass is 16.2. The maximum absolute atomic E-state index is 13.0. The molecule has 8 nitrogen and oxygen atoms in total. The van der Waals surface area contributed by atoms with E-state index in [9.17, 15) is 19.2 Å². The van der Waals surface area contributed by atoms with Crippen LogP contribution in [-0.4, -0.2) is 28.8 Å². The number of fused-ring (bicyclic) bond motifs is 2. The van der Waals surface area contributed by atoms with Crippen molar-refractivity contribution >= 4 is 45.2 Å². The van der Waals surface area contributed by atoms with E-state index >= 15 is 0 Å². The summed E-state index contributed by atoms with van der Waals surface area (Å²) >= 11 is 0. The van der Waals surface area contributed by atoms with Gasteiger partial charge >= 0.3 is 0 Å². The first-order chi connectivity index (χ1) is 16.0. The van der Waals surface area contributed by atoms with Gasteiger partial charge in [-0.05, 0) is 36.4 Å². The van der Waals surface area contributed by atoms with Crippen LogP contribution in [0.3, 0.4) is 0 Å². The molecule has 0 radical (unpaired) electrons. The first-order valence-corrected chi connectivity index (χ1v) is 10.4. The van der Waals surface area contributed by atoms with E-state index in [-0.39, 0.29) is 36.4 Å². The van der Waals surface area contributed by atoms with Crippen molar-refractivity contribution in [2.45, 2.75) is 13.0 Å². The molecule has 0 bridgehead atoms. The molecule has 0 fully saturated rings. The number of carbonyl (C=O) groups excluding carboxylic acids is 3. The predicted octanol–water partition coefficient (Wildman–Crippen LogP) is 2.40. The van der Waals surface area contributed by atoms with Gasteiger partial charge in [0, 0.05) is 23.7 Å². The van der Waals surface area contributed by atoms with Crippen LogP contribution in [0.2, 0.25) is 0 Å². The van der Waals surface area contributed by atoms with E-state index in [0.717, 1.165) is 0 Å². The molecule has 3 amide bonds. The minimum Gasteiger partial charge on any atom is -0.370 e. The number of nitrogens with two attached hydrogens (primary N) is 1. The van der Waals surface area contributed by atoms with Gasteiger partial charge in [-0.25, -0.2) is 0 Å². The third-order valence-corrected chi connectivity index (χ3v) is 5.28. The molecular formula is C25H22N4O4. The van der Waals surface area contributed by atoms with Crippen LogP contribution in [-0.2, 0) is 16.1 Å². The number of pyridine rings is 1. The molecular weight excluding hydrogens is 420 g/mol. The van der Waals surface area contributed by atoms with Crippen LogP contribution >= 0.6 is 0 Å². The second kappa shape index (κ2) is 9.35. The van der Waals surface area contributed by atoms with Crippen molar-refractivity contribution in [3.8, 4) is 0 Å². The van der Waals surface area contributed by atoms with Crippen molar-refractivity contribution in [1.82, 2.24) is 9.88 Å². The van der Waals surface area contributed by atoms with Gasteiger partial charge < -0.3 is 20.9 Å². The Morgan fingerprint density at radius 1 is 0.818 bits per heavy atom. The van der Waals surface area contributed by atoms with E-state index in [1.807, 2.05) is 12.1 Å². The standard InChI is InChI=1S/C25H22N4O4/c26-22(30)13-14-27-25(33)16-7-1-4-10-19(16)28-23(31)15-29-20-11-5-2-8-17(20)24(32)18-9-3-6-12-21(18)29/h1-12H,13-15H2,(H2,26,30)(H,27,33)(H,28,31). The van der Waals surface area contributed by atoms with Crippen LogP contribution in [0.1, 0.15) is 16.8 Å². The number of aromatic nitrogens is 1. The Balaban J connectivity index is 1.63. The molecule has 0 aliphatic carbocycles. The van der Waals surface area contributed by atoms with E-state index in [4.69, 9.17) is 5.73 Å². The number of nitrogens with one attached hydrogen (secondary N) is 2. The second-order valence-corrected chi connectivity index (χ2v) is 7.52. The summed E-state index contributed by atoms with van der Waals surface area (Å²) in [5.41, 5.74) is 6.92. The summed E-state index contributed by atoms with van der Waals surface area (Å²) in [4.78, 5) is 49.3. The van der Waals surface area contributed by atoms with Gasteiger partial charge in [0.25, 0.3) is 5.91 Å². The summed E-state index contributed by atoms with van der Waals surface area (Å²) < 4.78 is 1.79. The van der Waals surface area contributed by atoms with Crippen molar-refractivity contribution in [3.63, 3.8) is 0 Å². The third-order valence-electron chi connectivity index (χ3n) is 5.28. The summed E-state index contributed by atoms with van der Waals surface area (Å²) in [5.74, 6) is -1.30. The molecule has 0 unspecified atom stereocenters. The molecule has 166 valence electrons. The van der Waals surface area contributed by atoms with Gasteiger partial charge in [0.05, 0.1) is 22.3 Å². The number of anilines is 1. The van der Waals surface area contributed by atoms with Gasteiger partial charge in [-0.3, -0.25) is 19.2 Å². The molecule has 1 heterocycles. The number of amides is 3. The molecule has 0 spiro atoms. The first kappa shape index (κ1) is 21.8. The van der Waals surface area contributed by atoms with Crippen molar-refractivity contribution in [2.75, 3.05) is 11.9 Å². The zero-order valence-corrected chi connectivity index (χ0v) is 17.7. The number of hydrogen-bond acceptors (Lipinski definition) is 4. The van der Waals surface area contributed by atoms with Crippen LogP contribution < -0.4 is 21.8 Å². The fourth-order valence-corrected chi connectivity index (χ4v) is 3.77. The van der Waals surface area contributed by atoms with Crippen LogP contribution in [0.4, 0.5) is 5.69 Å². The minimum atomic E-state index is -0.516. The van der Waals surface area contributed by atoms with E-state index in [1.165, 1.54) is 0 Å². The topological polar surface area (TPSA) is 123 Å². The van der Waals surface area contributed by atoms with Gasteiger partial charge in [-0.15, -0.1) is 0 Å². The SMILES string of the molecule is NC(=O)CCNC(=O)c1ccccc1NC(=O)Cn1c2ccccc2c(=O)c2ccccc21. The van der Waals surface area contributed by atoms with Gasteiger partial charge in [-0.2, -0.15) is 0 Å². The average molecular weight is 442 g/mol. The quantitative estimate of drug-likeness (QED) is 0.380. The first-order valence-electron chi connectivity index (χ1n) is 10.4. The maximum Gasteiger partial charge on any atom is 0.253 e. The highest BCUT2D eigenvalue weighted by Gasteiger charge is 2.16. The van der Waals surface area contributed by atoms with Crippen molar-refractivity contribution in [1.29, 1.82) is 0 Å². The van der Waals surface area contributed by atoms with E-state index in [1.54, 1.807) is 65.2 Å². The predicted molar refractivity (Wildman–Crippen MR) is 127 cm³/mol. The zero-order chi connectivity index (χ0) is 23.4. The Kier molecular flexibility index (Phi) is 6.17. The molecule has 0 saturated heterocycles. The average Bonchev–Trinajstić information content (AvgIpc) is 2.82. The Labute approximate surface area is 189 Å². The number of carbonyl (C=O) groups is 3. The number of rotatable bonds is 7. The zero-order valence-electron chi connectivity index (χ0n) is 17.7. The summed E-state index contributed by atoms with van der Waals surface area (Å²) in [6.07, 6.45) is 0.0206. The van der Waals surface area contributed by atoms with E-state index in [0.29, 0.717) is 27.5 Å². The van der Waals surface area contributed by atoms with E-state index in [2.05, 4.69) is 10.6 Å². The molecule has 8 heteroatoms. The lowest BCUT2D eigenvalue weighted by Crippen LogP contribution is -2.29.